The van der Waals surface area contributed by atoms with Crippen molar-refractivity contribution in [1.29, 1.82) is 0 Å². The first-order chi connectivity index (χ1) is 5.24. The van der Waals surface area contributed by atoms with Crippen LogP contribution in [-0.2, 0) is 0 Å². The van der Waals surface area contributed by atoms with E-state index < -0.39 is 0 Å². The van der Waals surface area contributed by atoms with E-state index in [0.29, 0.717) is 6.04 Å². The largest absolute Gasteiger partial charge is 0.395 e. The average Bonchev–Trinajstić information content (AvgIpc) is 2.01. The lowest BCUT2D eigenvalue weighted by atomic mass is 10.1. The van der Waals surface area contributed by atoms with Crippen molar-refractivity contribution in [3.05, 3.63) is 0 Å². The van der Waals surface area contributed by atoms with Crippen molar-refractivity contribution in [3.8, 4) is 0 Å². The van der Waals surface area contributed by atoms with Gasteiger partial charge in [0.1, 0.15) is 0 Å². The molecule has 0 saturated heterocycles. The van der Waals surface area contributed by atoms with Gasteiger partial charge in [0, 0.05) is 12.1 Å². The molecule has 0 aromatic carbocycles. The molecule has 2 heteroatoms. The normalized spacial score (nSPS) is 16.4. The number of aliphatic hydroxyl groups is 1. The van der Waals surface area contributed by atoms with Gasteiger partial charge in [-0.2, -0.15) is 0 Å². The van der Waals surface area contributed by atoms with E-state index in [1.54, 1.807) is 0 Å². The van der Waals surface area contributed by atoms with Crippen LogP contribution in [0, 0.1) is 0 Å². The fourth-order valence-electron chi connectivity index (χ4n) is 1.22. The van der Waals surface area contributed by atoms with E-state index in [9.17, 15) is 0 Å². The summed E-state index contributed by atoms with van der Waals surface area (Å²) >= 11 is 0. The summed E-state index contributed by atoms with van der Waals surface area (Å²) in [5.41, 5.74) is 0. The maximum Gasteiger partial charge on any atom is 0.0584 e. The van der Waals surface area contributed by atoms with E-state index in [0.717, 1.165) is 6.42 Å². The Bertz CT molecular complexity index is 81.6. The lowest BCUT2D eigenvalue weighted by Crippen LogP contribution is -2.38. The first kappa shape index (κ1) is 10.9. The summed E-state index contributed by atoms with van der Waals surface area (Å²) < 4.78 is 0. The Kier molecular flexibility index (Phi) is 6.57. The monoisotopic (exact) mass is 159 g/mol. The third kappa shape index (κ3) is 5.22. The minimum absolute atomic E-state index is 0.255. The van der Waals surface area contributed by atoms with E-state index in [2.05, 4.69) is 26.1 Å². The third-order valence-electron chi connectivity index (χ3n) is 1.96. The number of hydrogen-bond donors (Lipinski definition) is 2. The van der Waals surface area contributed by atoms with Crippen molar-refractivity contribution in [3.63, 3.8) is 0 Å². The van der Waals surface area contributed by atoms with Crippen molar-refractivity contribution in [2.75, 3.05) is 6.61 Å². The minimum atomic E-state index is 0.255. The van der Waals surface area contributed by atoms with Crippen LogP contribution in [0.1, 0.15) is 40.0 Å². The highest BCUT2D eigenvalue weighted by atomic mass is 16.3. The van der Waals surface area contributed by atoms with Crippen LogP contribution < -0.4 is 5.32 Å². The van der Waals surface area contributed by atoms with Gasteiger partial charge in [-0.25, -0.2) is 0 Å². The summed E-state index contributed by atoms with van der Waals surface area (Å²) in [5, 5.41) is 12.2. The summed E-state index contributed by atoms with van der Waals surface area (Å²) in [7, 11) is 0. The molecule has 0 spiro atoms. The Balaban J connectivity index is 3.44. The molecule has 0 saturated carbocycles. The Morgan fingerprint density at radius 3 is 2.36 bits per heavy atom. The van der Waals surface area contributed by atoms with Gasteiger partial charge in [0.15, 0.2) is 0 Å². The molecular weight excluding hydrogens is 138 g/mol. The van der Waals surface area contributed by atoms with Gasteiger partial charge in [-0.15, -0.1) is 0 Å². The molecule has 0 radical (unpaired) electrons. The number of aliphatic hydroxyl groups excluding tert-OH is 1. The van der Waals surface area contributed by atoms with Gasteiger partial charge < -0.3 is 10.4 Å². The van der Waals surface area contributed by atoms with Crippen LogP contribution in [0.5, 0.6) is 0 Å². The molecule has 0 bridgehead atoms. The Hall–Kier alpha value is -0.0800. The zero-order chi connectivity index (χ0) is 8.69. The lowest BCUT2D eigenvalue weighted by molar-refractivity contribution is 0.227. The second kappa shape index (κ2) is 6.62. The molecule has 0 aromatic heterocycles. The molecule has 68 valence electrons. The number of hydrogen-bond acceptors (Lipinski definition) is 2. The molecule has 2 unspecified atom stereocenters. The Morgan fingerprint density at radius 1 is 1.36 bits per heavy atom. The second-order valence-corrected chi connectivity index (χ2v) is 3.14. The lowest BCUT2D eigenvalue weighted by Gasteiger charge is -2.19. The van der Waals surface area contributed by atoms with Gasteiger partial charge in [-0.3, -0.25) is 0 Å². The zero-order valence-corrected chi connectivity index (χ0v) is 7.93. The molecule has 11 heavy (non-hydrogen) atoms. The molecular formula is C9H21NO. The summed E-state index contributed by atoms with van der Waals surface area (Å²) in [5.74, 6) is 0. The molecule has 0 aliphatic carbocycles. The van der Waals surface area contributed by atoms with Crippen molar-refractivity contribution >= 4 is 0 Å². The quantitative estimate of drug-likeness (QED) is 0.616. The summed E-state index contributed by atoms with van der Waals surface area (Å²) in [6.45, 7) is 6.69. The summed E-state index contributed by atoms with van der Waals surface area (Å²) in [6.07, 6.45) is 3.40. The predicted octanol–water partition coefficient (Wildman–Crippen LogP) is 1.54. The fourth-order valence-corrected chi connectivity index (χ4v) is 1.22. The highest BCUT2D eigenvalue weighted by Crippen LogP contribution is 1.98. The Morgan fingerprint density at radius 2 is 2.00 bits per heavy atom. The molecule has 2 atom stereocenters. The molecule has 0 aliphatic heterocycles. The first-order valence-corrected chi connectivity index (χ1v) is 4.61. The molecule has 0 heterocycles. The van der Waals surface area contributed by atoms with Gasteiger partial charge in [-0.1, -0.05) is 20.3 Å². The molecule has 0 aliphatic rings. The van der Waals surface area contributed by atoms with Gasteiger partial charge >= 0.3 is 0 Å². The smallest absolute Gasteiger partial charge is 0.0584 e. The highest BCUT2D eigenvalue weighted by Gasteiger charge is 2.07. The van der Waals surface area contributed by atoms with Crippen LogP contribution >= 0.6 is 0 Å². The highest BCUT2D eigenvalue weighted by molar-refractivity contribution is 4.68. The molecule has 0 amide bonds. The summed E-state index contributed by atoms with van der Waals surface area (Å²) in [4.78, 5) is 0. The maximum atomic E-state index is 8.88. The van der Waals surface area contributed by atoms with Gasteiger partial charge in [-0.05, 0) is 19.8 Å². The van der Waals surface area contributed by atoms with Crippen molar-refractivity contribution in [2.24, 2.45) is 0 Å². The molecule has 0 rings (SSSR count). The minimum Gasteiger partial charge on any atom is -0.395 e. The SMILES string of the molecule is CCCC(C)NC(CC)CO. The van der Waals surface area contributed by atoms with Gasteiger partial charge in [0.05, 0.1) is 6.61 Å². The van der Waals surface area contributed by atoms with E-state index >= 15 is 0 Å². The first-order valence-electron chi connectivity index (χ1n) is 4.61. The average molecular weight is 159 g/mol. The molecule has 0 fully saturated rings. The van der Waals surface area contributed by atoms with E-state index in [-0.39, 0.29) is 12.6 Å². The number of rotatable bonds is 6. The van der Waals surface area contributed by atoms with Crippen molar-refractivity contribution in [1.82, 2.24) is 5.32 Å². The van der Waals surface area contributed by atoms with Gasteiger partial charge in [0.25, 0.3) is 0 Å². The van der Waals surface area contributed by atoms with E-state index in [4.69, 9.17) is 5.11 Å². The summed E-state index contributed by atoms with van der Waals surface area (Å²) in [6, 6.07) is 0.827. The van der Waals surface area contributed by atoms with E-state index in [1.165, 1.54) is 12.8 Å². The van der Waals surface area contributed by atoms with Crippen LogP contribution in [0.3, 0.4) is 0 Å². The van der Waals surface area contributed by atoms with Crippen LogP contribution in [0.25, 0.3) is 0 Å². The van der Waals surface area contributed by atoms with Crippen LogP contribution in [-0.4, -0.2) is 23.8 Å². The maximum absolute atomic E-state index is 8.88. The topological polar surface area (TPSA) is 32.3 Å². The molecule has 0 aromatic rings. The van der Waals surface area contributed by atoms with Crippen molar-refractivity contribution < 1.29 is 5.11 Å². The second-order valence-electron chi connectivity index (χ2n) is 3.14. The predicted molar refractivity (Wildman–Crippen MR) is 48.7 cm³/mol. The van der Waals surface area contributed by atoms with Crippen LogP contribution in [0.4, 0.5) is 0 Å². The molecule has 2 N–H and O–H groups in total. The third-order valence-corrected chi connectivity index (χ3v) is 1.96. The Labute approximate surface area is 70.0 Å². The fraction of sp³-hybridized carbons (Fsp3) is 1.00. The zero-order valence-electron chi connectivity index (χ0n) is 7.93. The van der Waals surface area contributed by atoms with Crippen LogP contribution in [0.15, 0.2) is 0 Å². The van der Waals surface area contributed by atoms with Gasteiger partial charge in [0.2, 0.25) is 0 Å². The van der Waals surface area contributed by atoms with E-state index in [1.807, 2.05) is 0 Å². The number of nitrogens with one attached hydrogen (secondary N) is 1. The van der Waals surface area contributed by atoms with Crippen molar-refractivity contribution in [2.45, 2.75) is 52.1 Å². The molecule has 2 nitrogen and oxygen atoms in total. The van der Waals surface area contributed by atoms with Crippen LogP contribution in [0.2, 0.25) is 0 Å². The standard InChI is InChI=1S/C9H21NO/c1-4-6-8(3)10-9(5-2)7-11/h8-11H,4-7H2,1-3H3.